The summed E-state index contributed by atoms with van der Waals surface area (Å²) < 4.78 is 4.93. The lowest BCUT2D eigenvalue weighted by Crippen LogP contribution is -2.55. The van der Waals surface area contributed by atoms with Gasteiger partial charge in [-0.25, -0.2) is 0 Å². The topological polar surface area (TPSA) is 90.4 Å². The number of unbranched alkanes of at least 4 members (excludes halogenated alkanes) is 1. The van der Waals surface area contributed by atoms with E-state index in [4.69, 9.17) is 4.74 Å². The van der Waals surface area contributed by atoms with Crippen LogP contribution >= 0.6 is 11.8 Å². The zero-order chi connectivity index (χ0) is 28.9. The number of hydrogen-bond donors (Lipinski definition) is 1. The van der Waals surface area contributed by atoms with Crippen molar-refractivity contribution in [3.8, 4) is 0 Å². The van der Waals surface area contributed by atoms with Crippen molar-refractivity contribution in [1.29, 1.82) is 0 Å². The molecule has 0 saturated carbocycles. The summed E-state index contributed by atoms with van der Waals surface area (Å²) in [6.07, 6.45) is 6.75. The normalized spacial score (nSPS) is 26.5. The molecule has 4 rings (SSSR count). The molecule has 3 heterocycles. The molecule has 5 atom stereocenters. The second kappa shape index (κ2) is 13.3. The monoisotopic (exact) mass is 569 g/mol. The number of aliphatic hydroxyl groups is 1. The van der Waals surface area contributed by atoms with Gasteiger partial charge < -0.3 is 24.5 Å². The molecule has 0 radical (unpaired) electrons. The Bertz CT molecular complexity index is 1090. The Labute approximate surface area is 242 Å². The van der Waals surface area contributed by atoms with E-state index in [9.17, 15) is 19.5 Å². The molecule has 3 fully saturated rings. The summed E-state index contributed by atoms with van der Waals surface area (Å²) in [4.78, 5) is 47.4. The fraction of sp³-hybridized carbons (Fsp3) is 0.581. The van der Waals surface area contributed by atoms with Gasteiger partial charge in [0, 0.05) is 49.4 Å². The van der Waals surface area contributed by atoms with E-state index in [1.54, 1.807) is 33.7 Å². The fourth-order valence-corrected chi connectivity index (χ4v) is 8.91. The van der Waals surface area contributed by atoms with Crippen LogP contribution in [0.3, 0.4) is 0 Å². The highest BCUT2D eigenvalue weighted by molar-refractivity contribution is 8.02. The molecular weight excluding hydrogens is 526 g/mol. The van der Waals surface area contributed by atoms with Gasteiger partial charge in [0.2, 0.25) is 5.91 Å². The van der Waals surface area contributed by atoms with Gasteiger partial charge in [-0.05, 0) is 70.2 Å². The predicted molar refractivity (Wildman–Crippen MR) is 160 cm³/mol. The lowest BCUT2D eigenvalue weighted by molar-refractivity contribution is -0.154. The molecule has 1 aromatic rings. The first-order chi connectivity index (χ1) is 19.4. The highest BCUT2D eigenvalue weighted by atomic mass is 32.2. The van der Waals surface area contributed by atoms with Gasteiger partial charge in [-0.15, -0.1) is 24.9 Å². The number of fused-ring (bicyclic) bond motifs is 1. The number of anilines is 2. The SMILES string of the molecule is C=CCCCOC(=O)[C@@H]1[C@H]2C(=O)N(CCCO)C(C(=O)N(CC=C)c3ccc(N(CC)CC)cc3)C23CC[C@H]1S3. The first kappa shape index (κ1) is 30.2. The van der Waals surface area contributed by atoms with Crippen LogP contribution in [0.4, 0.5) is 11.4 Å². The maximum atomic E-state index is 14.5. The Morgan fingerprint density at radius 1 is 1.15 bits per heavy atom. The van der Waals surface area contributed by atoms with Gasteiger partial charge in [0.1, 0.15) is 6.04 Å². The molecule has 3 aliphatic rings. The minimum atomic E-state index is -0.729. The summed E-state index contributed by atoms with van der Waals surface area (Å²) in [7, 11) is 0. The van der Waals surface area contributed by atoms with Crippen LogP contribution in [0.1, 0.15) is 46.0 Å². The molecule has 1 spiro atoms. The summed E-state index contributed by atoms with van der Waals surface area (Å²) >= 11 is 1.63. The maximum absolute atomic E-state index is 14.5. The van der Waals surface area contributed by atoms with Crippen LogP contribution < -0.4 is 9.80 Å². The molecule has 8 nitrogen and oxygen atoms in total. The number of rotatable bonds is 15. The number of nitrogens with zero attached hydrogens (tertiary/aromatic N) is 3. The van der Waals surface area contributed by atoms with Crippen molar-refractivity contribution in [2.24, 2.45) is 11.8 Å². The lowest BCUT2D eigenvalue weighted by atomic mass is 9.71. The summed E-state index contributed by atoms with van der Waals surface area (Å²) in [6.45, 7) is 14.4. The van der Waals surface area contributed by atoms with E-state index in [2.05, 4.69) is 31.9 Å². The number of carbonyl (C=O) groups excluding carboxylic acids is 3. The van der Waals surface area contributed by atoms with Crippen LogP contribution in [-0.4, -0.2) is 83.2 Å². The Balaban J connectivity index is 1.66. The number of allylic oxidation sites excluding steroid dienone is 1. The fourth-order valence-electron chi connectivity index (χ4n) is 6.71. The number of aliphatic hydroxyl groups excluding tert-OH is 1. The molecule has 40 heavy (non-hydrogen) atoms. The minimum Gasteiger partial charge on any atom is -0.465 e. The average molecular weight is 570 g/mol. The van der Waals surface area contributed by atoms with Crippen LogP contribution in [0, 0.1) is 11.8 Å². The smallest absolute Gasteiger partial charge is 0.310 e. The third kappa shape index (κ3) is 5.42. The van der Waals surface area contributed by atoms with E-state index in [1.807, 2.05) is 24.3 Å². The van der Waals surface area contributed by atoms with Crippen LogP contribution in [0.5, 0.6) is 0 Å². The van der Waals surface area contributed by atoms with Crippen molar-refractivity contribution in [2.45, 2.75) is 62.0 Å². The van der Waals surface area contributed by atoms with Gasteiger partial charge in [-0.3, -0.25) is 14.4 Å². The number of thioether (sulfide) groups is 1. The van der Waals surface area contributed by atoms with E-state index in [0.29, 0.717) is 32.4 Å². The number of amides is 2. The lowest BCUT2D eigenvalue weighted by Gasteiger charge is -2.37. The first-order valence-electron chi connectivity index (χ1n) is 14.5. The van der Waals surface area contributed by atoms with Crippen molar-refractivity contribution in [2.75, 3.05) is 49.2 Å². The van der Waals surface area contributed by atoms with Crippen LogP contribution in [0.25, 0.3) is 0 Å². The van der Waals surface area contributed by atoms with Gasteiger partial charge in [0.25, 0.3) is 5.91 Å². The Kier molecular flexibility index (Phi) is 10.0. The molecule has 9 heteroatoms. The van der Waals surface area contributed by atoms with Crippen LogP contribution in [0.2, 0.25) is 0 Å². The van der Waals surface area contributed by atoms with E-state index >= 15 is 0 Å². The maximum Gasteiger partial charge on any atom is 0.310 e. The largest absolute Gasteiger partial charge is 0.465 e. The summed E-state index contributed by atoms with van der Waals surface area (Å²) in [6, 6.07) is 7.20. The zero-order valence-corrected chi connectivity index (χ0v) is 24.6. The van der Waals surface area contributed by atoms with Crippen molar-refractivity contribution in [3.63, 3.8) is 0 Å². The van der Waals surface area contributed by atoms with Crippen molar-refractivity contribution in [3.05, 3.63) is 49.6 Å². The molecule has 2 bridgehead atoms. The summed E-state index contributed by atoms with van der Waals surface area (Å²) in [5, 5.41) is 9.55. The van der Waals surface area contributed by atoms with Gasteiger partial charge >= 0.3 is 5.97 Å². The Morgan fingerprint density at radius 3 is 2.48 bits per heavy atom. The van der Waals surface area contributed by atoms with Crippen molar-refractivity contribution in [1.82, 2.24) is 4.90 Å². The van der Waals surface area contributed by atoms with Crippen LogP contribution in [-0.2, 0) is 19.1 Å². The number of esters is 1. The van der Waals surface area contributed by atoms with E-state index in [1.165, 1.54) is 0 Å². The molecule has 3 saturated heterocycles. The standard InChI is InChI=1S/C31H43N3O5S/c1-5-9-10-21-39-30(38)25-24-16-17-31(40-24)26(25)28(36)34(19-11-20-35)27(31)29(37)33(18-6-2)23-14-12-22(13-15-23)32(7-3)8-4/h5-6,12-15,24-27,35H,1-2,7-11,16-21H2,3-4H3/t24-,25+,26+,27?,31?/m1/s1. The molecule has 1 aromatic carbocycles. The minimum absolute atomic E-state index is 0.0441. The third-order valence-corrected chi connectivity index (χ3v) is 10.5. The van der Waals surface area contributed by atoms with E-state index in [0.717, 1.165) is 37.3 Å². The van der Waals surface area contributed by atoms with Crippen molar-refractivity contribution < 1.29 is 24.2 Å². The molecule has 3 aliphatic heterocycles. The highest BCUT2D eigenvalue weighted by Crippen LogP contribution is 2.66. The molecule has 218 valence electrons. The second-order valence-corrected chi connectivity index (χ2v) is 12.3. The quantitative estimate of drug-likeness (QED) is 0.194. The number of likely N-dealkylation sites (tertiary alicyclic amines) is 1. The molecular formula is C31H43N3O5S. The average Bonchev–Trinajstić information content (AvgIpc) is 3.61. The second-order valence-electron chi connectivity index (χ2n) is 10.7. The molecule has 1 N–H and O–H groups in total. The highest BCUT2D eigenvalue weighted by Gasteiger charge is 2.74. The molecule has 2 unspecified atom stereocenters. The predicted octanol–water partition coefficient (Wildman–Crippen LogP) is 4.03. The van der Waals surface area contributed by atoms with Gasteiger partial charge in [-0.1, -0.05) is 12.2 Å². The Hall–Kier alpha value is -2.78. The third-order valence-electron chi connectivity index (χ3n) is 8.53. The first-order valence-corrected chi connectivity index (χ1v) is 15.4. The van der Waals surface area contributed by atoms with E-state index < -0.39 is 22.6 Å². The number of ether oxygens (including phenoxy) is 1. The number of carbonyl (C=O) groups is 3. The zero-order valence-electron chi connectivity index (χ0n) is 23.8. The molecule has 0 aromatic heterocycles. The molecule has 0 aliphatic carbocycles. The molecule has 2 amide bonds. The van der Waals surface area contributed by atoms with Crippen LogP contribution in [0.15, 0.2) is 49.6 Å². The van der Waals surface area contributed by atoms with Crippen molar-refractivity contribution >= 4 is 40.9 Å². The van der Waals surface area contributed by atoms with E-state index in [-0.39, 0.29) is 36.2 Å². The Morgan fingerprint density at radius 2 is 1.85 bits per heavy atom. The number of benzene rings is 1. The van der Waals surface area contributed by atoms with Gasteiger partial charge in [-0.2, -0.15) is 0 Å². The summed E-state index contributed by atoms with van der Waals surface area (Å²) in [5.74, 6) is -1.86. The van der Waals surface area contributed by atoms with Gasteiger partial charge in [0.05, 0.1) is 23.2 Å². The van der Waals surface area contributed by atoms with Gasteiger partial charge in [0.15, 0.2) is 0 Å². The summed E-state index contributed by atoms with van der Waals surface area (Å²) in [5.41, 5.74) is 1.82. The number of hydrogen-bond acceptors (Lipinski definition) is 7.